The molecule has 42 heavy (non-hydrogen) atoms. The van der Waals surface area contributed by atoms with Crippen LogP contribution in [-0.4, -0.2) is 57.2 Å². The van der Waals surface area contributed by atoms with Gasteiger partial charge in [-0.1, -0.05) is 0 Å². The summed E-state index contributed by atoms with van der Waals surface area (Å²) in [6, 6.07) is 7.75. The third-order valence-electron chi connectivity index (χ3n) is 7.83. The van der Waals surface area contributed by atoms with Crippen LogP contribution in [0.1, 0.15) is 24.0 Å². The number of pyridine rings is 3. The van der Waals surface area contributed by atoms with Crippen LogP contribution < -0.4 is 19.8 Å². The molecule has 4 aromatic rings. The molecule has 1 aromatic carbocycles. The highest BCUT2D eigenvalue weighted by atomic mass is 19.2. The van der Waals surface area contributed by atoms with E-state index in [-0.39, 0.29) is 47.1 Å². The van der Waals surface area contributed by atoms with Gasteiger partial charge in [-0.05, 0) is 46.5 Å². The Bertz CT molecular complexity index is 1710. The average molecular weight is 579 g/mol. The number of ether oxygens (including phenoxy) is 2. The summed E-state index contributed by atoms with van der Waals surface area (Å²) >= 11 is 0. The number of hydrogen-bond donors (Lipinski definition) is 0. The van der Waals surface area contributed by atoms with E-state index in [1.807, 2.05) is 12.1 Å². The number of methoxy groups -OCH3 is 1. The van der Waals surface area contributed by atoms with Gasteiger partial charge in [0.25, 0.3) is 0 Å². The minimum Gasteiger partial charge on any atom is -0.486 e. The maximum atomic E-state index is 14.5. The van der Waals surface area contributed by atoms with E-state index in [0.29, 0.717) is 31.1 Å². The molecule has 1 unspecified atom stereocenters. The van der Waals surface area contributed by atoms with Crippen molar-refractivity contribution >= 4 is 22.4 Å². The smallest absolute Gasteiger partial charge is 0.363 e. The van der Waals surface area contributed by atoms with Gasteiger partial charge in [-0.2, -0.15) is 4.39 Å². The minimum atomic E-state index is -1.12. The van der Waals surface area contributed by atoms with Crippen molar-refractivity contribution in [3.05, 3.63) is 92.0 Å². The van der Waals surface area contributed by atoms with E-state index < -0.39 is 16.6 Å². The van der Waals surface area contributed by atoms with Gasteiger partial charge in [0.15, 0.2) is 23.2 Å². The molecular weight excluding hydrogens is 550 g/mol. The lowest BCUT2D eigenvalue weighted by Crippen LogP contribution is -2.48. The number of hydrogen-bond acceptors (Lipinski definition) is 9. The molecule has 0 amide bonds. The third-order valence-corrected chi connectivity index (χ3v) is 7.83. The Labute approximate surface area is 239 Å². The predicted molar refractivity (Wildman–Crippen MR) is 150 cm³/mol. The number of anilines is 1. The van der Waals surface area contributed by atoms with Crippen LogP contribution in [0.15, 0.2) is 53.7 Å². The summed E-state index contributed by atoms with van der Waals surface area (Å²) in [5.41, 5.74) is 2.04. The maximum Gasteiger partial charge on any atom is 0.363 e. The molecule has 2 aliphatic rings. The zero-order valence-corrected chi connectivity index (χ0v) is 22.8. The number of aromatic nitrogens is 3. The van der Waals surface area contributed by atoms with Gasteiger partial charge in [0.2, 0.25) is 11.7 Å². The summed E-state index contributed by atoms with van der Waals surface area (Å²) in [6.07, 6.45) is 6.58. The van der Waals surface area contributed by atoms with Crippen molar-refractivity contribution in [1.29, 1.82) is 0 Å². The second-order valence-corrected chi connectivity index (χ2v) is 10.4. The lowest BCUT2D eigenvalue weighted by molar-refractivity contribution is -0.389. The summed E-state index contributed by atoms with van der Waals surface area (Å²) in [5.74, 6) is -2.21. The summed E-state index contributed by atoms with van der Waals surface area (Å²) in [4.78, 5) is 36.7. The van der Waals surface area contributed by atoms with Crippen molar-refractivity contribution in [3.8, 4) is 11.6 Å². The van der Waals surface area contributed by atoms with E-state index in [1.165, 1.54) is 12.3 Å². The van der Waals surface area contributed by atoms with Gasteiger partial charge in [-0.15, -0.1) is 0 Å². The SMILES string of the molecule is COc1cc(CN(Cc2cn3c4c(c(F)c(F)cc4c2=O)OCC3)C2CCCN(c3ccc([N+](=O)[O-])nc3)C2)ccn1. The molecule has 0 bridgehead atoms. The summed E-state index contributed by atoms with van der Waals surface area (Å²) in [6.45, 7) is 2.63. The first-order valence-corrected chi connectivity index (χ1v) is 13.6. The van der Waals surface area contributed by atoms with Gasteiger partial charge in [0.05, 0.1) is 30.2 Å². The van der Waals surface area contributed by atoms with Crippen molar-refractivity contribution in [2.45, 2.75) is 38.5 Å². The van der Waals surface area contributed by atoms with Crippen LogP contribution in [0.25, 0.3) is 10.9 Å². The fourth-order valence-electron chi connectivity index (χ4n) is 5.79. The number of nitrogens with zero attached hydrogens (tertiary/aromatic N) is 6. The first-order chi connectivity index (χ1) is 20.3. The Morgan fingerprint density at radius 3 is 2.81 bits per heavy atom. The van der Waals surface area contributed by atoms with E-state index in [4.69, 9.17) is 9.47 Å². The first-order valence-electron chi connectivity index (χ1n) is 13.6. The molecule has 1 fully saturated rings. The quantitative estimate of drug-likeness (QED) is 0.226. The van der Waals surface area contributed by atoms with E-state index in [2.05, 4.69) is 19.8 Å². The second kappa shape index (κ2) is 11.3. The molecule has 1 atom stereocenters. The van der Waals surface area contributed by atoms with Crippen molar-refractivity contribution < 1.29 is 23.2 Å². The van der Waals surface area contributed by atoms with E-state index in [1.54, 1.807) is 30.1 Å². The number of rotatable bonds is 8. The highest BCUT2D eigenvalue weighted by Crippen LogP contribution is 2.33. The van der Waals surface area contributed by atoms with Crippen LogP contribution >= 0.6 is 0 Å². The molecule has 11 nitrogen and oxygen atoms in total. The van der Waals surface area contributed by atoms with Gasteiger partial charge in [-0.3, -0.25) is 9.69 Å². The lowest BCUT2D eigenvalue weighted by atomic mass is 10.0. The molecule has 3 aromatic heterocycles. The molecule has 6 rings (SSSR count). The molecule has 13 heteroatoms. The molecule has 0 saturated carbocycles. The largest absolute Gasteiger partial charge is 0.486 e. The average Bonchev–Trinajstić information content (AvgIpc) is 3.01. The van der Waals surface area contributed by atoms with E-state index in [9.17, 15) is 23.7 Å². The topological polar surface area (TPSA) is 116 Å². The van der Waals surface area contributed by atoms with Gasteiger partial charge < -0.3 is 29.1 Å². The Morgan fingerprint density at radius 2 is 2.05 bits per heavy atom. The Hall–Kier alpha value is -4.65. The molecule has 5 heterocycles. The van der Waals surface area contributed by atoms with E-state index in [0.717, 1.165) is 36.7 Å². The number of nitro groups is 1. The predicted octanol–water partition coefficient (Wildman–Crippen LogP) is 4.05. The normalized spacial score (nSPS) is 16.5. The van der Waals surface area contributed by atoms with Gasteiger partial charge in [0, 0.05) is 62.3 Å². The molecule has 0 spiro atoms. The lowest BCUT2D eigenvalue weighted by Gasteiger charge is -2.40. The zero-order valence-electron chi connectivity index (χ0n) is 22.8. The highest BCUT2D eigenvalue weighted by Gasteiger charge is 2.29. The zero-order chi connectivity index (χ0) is 29.4. The monoisotopic (exact) mass is 578 g/mol. The Morgan fingerprint density at radius 1 is 1.19 bits per heavy atom. The Balaban J connectivity index is 1.36. The Kier molecular flexibility index (Phi) is 7.42. The standard InChI is InChI=1S/C29H28F2N6O5/c1-41-25-11-18(6-7-32-25)14-36(21-3-2-8-34(17-21)20-4-5-24(33-13-20)37(39)40)16-19-15-35-9-10-42-29-26(31)23(30)12-22(27(29)35)28(19)38/h4-7,11-13,15,21H,2-3,8-10,14,16-17H2,1H3. The molecular formula is C29H28F2N6O5. The first kappa shape index (κ1) is 27.5. The fraction of sp³-hybridized carbons (Fsp3) is 0.345. The maximum absolute atomic E-state index is 14.5. The van der Waals surface area contributed by atoms with Crippen LogP contribution in [0, 0.1) is 21.7 Å². The molecule has 2 aliphatic heterocycles. The van der Waals surface area contributed by atoms with Crippen LogP contribution in [0.4, 0.5) is 20.3 Å². The third kappa shape index (κ3) is 5.22. The highest BCUT2D eigenvalue weighted by molar-refractivity contribution is 5.86. The molecule has 1 saturated heterocycles. The van der Waals surface area contributed by atoms with Crippen LogP contribution in [-0.2, 0) is 19.6 Å². The van der Waals surface area contributed by atoms with Crippen molar-refractivity contribution in [2.75, 3.05) is 31.7 Å². The van der Waals surface area contributed by atoms with Gasteiger partial charge >= 0.3 is 5.82 Å². The number of halogens is 2. The van der Waals surface area contributed by atoms with Crippen molar-refractivity contribution in [2.24, 2.45) is 0 Å². The van der Waals surface area contributed by atoms with Crippen molar-refractivity contribution in [3.63, 3.8) is 0 Å². The summed E-state index contributed by atoms with van der Waals surface area (Å²) < 4.78 is 41.4. The summed E-state index contributed by atoms with van der Waals surface area (Å²) in [5, 5.41) is 11.1. The van der Waals surface area contributed by atoms with Crippen molar-refractivity contribution in [1.82, 2.24) is 19.4 Å². The van der Waals surface area contributed by atoms with Gasteiger partial charge in [-0.25, -0.2) is 9.37 Å². The van der Waals surface area contributed by atoms with Gasteiger partial charge in [0.1, 0.15) is 6.61 Å². The fourth-order valence-corrected chi connectivity index (χ4v) is 5.79. The van der Waals surface area contributed by atoms with Crippen LogP contribution in [0.3, 0.4) is 0 Å². The molecule has 218 valence electrons. The molecule has 0 radical (unpaired) electrons. The molecule has 0 aliphatic carbocycles. The second-order valence-electron chi connectivity index (χ2n) is 10.4. The number of piperidine rings is 1. The summed E-state index contributed by atoms with van der Waals surface area (Å²) in [7, 11) is 1.54. The van der Waals surface area contributed by atoms with Crippen LogP contribution in [0.5, 0.6) is 11.6 Å². The molecule has 0 N–H and O–H groups in total. The van der Waals surface area contributed by atoms with Crippen LogP contribution in [0.2, 0.25) is 0 Å². The number of benzene rings is 1. The minimum absolute atomic E-state index is 0.00611. The van der Waals surface area contributed by atoms with E-state index >= 15 is 0 Å².